The van der Waals surface area contributed by atoms with Crippen molar-refractivity contribution in [3.05, 3.63) is 47.9 Å². The molecule has 3 aromatic rings. The monoisotopic (exact) mass is 545 g/mol. The Balaban J connectivity index is 1.45. The van der Waals surface area contributed by atoms with Gasteiger partial charge in [-0.2, -0.15) is 13.2 Å². The molecule has 0 saturated carbocycles. The van der Waals surface area contributed by atoms with E-state index in [1.54, 1.807) is 6.92 Å². The summed E-state index contributed by atoms with van der Waals surface area (Å²) in [7, 11) is 0. The number of benzene rings is 1. The number of anilines is 3. The molecule has 0 radical (unpaired) electrons. The second kappa shape index (κ2) is 10.6. The quantitative estimate of drug-likeness (QED) is 0.427. The number of urea groups is 1. The first-order valence-electron chi connectivity index (χ1n) is 12.3. The first-order valence-corrected chi connectivity index (χ1v) is 12.3. The molecule has 2 aliphatic rings. The number of halogens is 3. The molecule has 1 aromatic carbocycles. The Kier molecular flexibility index (Phi) is 7.23. The van der Waals surface area contributed by atoms with Gasteiger partial charge in [-0.3, -0.25) is 4.90 Å². The average Bonchev–Trinajstić information content (AvgIpc) is 2.92. The van der Waals surface area contributed by atoms with Crippen LogP contribution >= 0.6 is 0 Å². The molecule has 2 atom stereocenters. The van der Waals surface area contributed by atoms with E-state index in [-0.39, 0.29) is 35.7 Å². The van der Waals surface area contributed by atoms with Gasteiger partial charge in [0.05, 0.1) is 42.0 Å². The highest BCUT2D eigenvalue weighted by atomic mass is 19.4. The minimum Gasteiger partial charge on any atom is -0.461 e. The van der Waals surface area contributed by atoms with Crippen molar-refractivity contribution in [1.82, 2.24) is 19.9 Å². The fraction of sp³-hybridized carbons (Fsp3) is 0.400. The van der Waals surface area contributed by atoms with E-state index in [0.717, 1.165) is 31.5 Å². The molecule has 2 amide bonds. The number of hydrogen-bond acceptors (Lipinski definition) is 9. The number of aliphatic hydroxyl groups is 2. The first kappa shape index (κ1) is 26.6. The van der Waals surface area contributed by atoms with Crippen LogP contribution < -0.4 is 19.9 Å². The number of alkyl halides is 3. The van der Waals surface area contributed by atoms with Gasteiger partial charge >= 0.3 is 18.2 Å². The zero-order valence-corrected chi connectivity index (χ0v) is 20.9. The van der Waals surface area contributed by atoms with Crippen LogP contribution in [0.4, 0.5) is 35.2 Å². The minimum absolute atomic E-state index is 0.0409. The number of carbonyl (C=O) groups excluding carboxylic acids is 1. The molecule has 0 aliphatic carbocycles. The standard InChI is InChI=1S/C25H26F3N7O4/c1-14-20-22(33-21(31-14)15-4-2-5-16(8-15)25(26,27)28)35(18-6-3-7-34(20)11-18)24(38)32-17-9-29-23(30-10-17)39-13-19(37)12-36/h2,4-5,8-10,18-19,36-37H,3,6-7,11-13H2,1H3,(H,32,38)/t18?,19-/m1/s1. The molecule has 4 heterocycles. The van der Waals surface area contributed by atoms with Crippen molar-refractivity contribution in [2.75, 3.05) is 41.4 Å². The Morgan fingerprint density at radius 3 is 2.74 bits per heavy atom. The summed E-state index contributed by atoms with van der Waals surface area (Å²) in [6.07, 6.45) is -1.35. The number of fused-ring (bicyclic) bond motifs is 4. The zero-order chi connectivity index (χ0) is 27.7. The number of rotatable bonds is 6. The van der Waals surface area contributed by atoms with Crippen molar-refractivity contribution in [2.24, 2.45) is 0 Å². The highest BCUT2D eigenvalue weighted by Crippen LogP contribution is 2.41. The van der Waals surface area contributed by atoms with Crippen LogP contribution in [-0.4, -0.2) is 74.6 Å². The van der Waals surface area contributed by atoms with E-state index < -0.39 is 30.5 Å². The van der Waals surface area contributed by atoms with Crippen LogP contribution in [0.3, 0.4) is 0 Å². The fourth-order valence-corrected chi connectivity index (χ4v) is 4.72. The fourth-order valence-electron chi connectivity index (χ4n) is 4.72. The molecule has 0 spiro atoms. The largest absolute Gasteiger partial charge is 0.461 e. The van der Waals surface area contributed by atoms with E-state index >= 15 is 0 Å². The van der Waals surface area contributed by atoms with Crippen LogP contribution in [-0.2, 0) is 6.18 Å². The molecule has 5 rings (SSSR count). The first-order chi connectivity index (χ1) is 18.6. The maximum Gasteiger partial charge on any atom is 0.416 e. The molecule has 39 heavy (non-hydrogen) atoms. The number of nitrogens with one attached hydrogen (secondary N) is 1. The van der Waals surface area contributed by atoms with Crippen LogP contribution in [0.25, 0.3) is 11.4 Å². The van der Waals surface area contributed by atoms with Crippen molar-refractivity contribution in [3.8, 4) is 17.4 Å². The summed E-state index contributed by atoms with van der Waals surface area (Å²) >= 11 is 0. The van der Waals surface area contributed by atoms with Crippen LogP contribution in [0.1, 0.15) is 24.1 Å². The van der Waals surface area contributed by atoms with Crippen LogP contribution in [0.15, 0.2) is 36.7 Å². The third-order valence-electron chi connectivity index (χ3n) is 6.51. The minimum atomic E-state index is -4.52. The van der Waals surface area contributed by atoms with E-state index in [2.05, 4.69) is 30.2 Å². The molecule has 2 aromatic heterocycles. The summed E-state index contributed by atoms with van der Waals surface area (Å²) in [5, 5.41) is 21.0. The number of aromatic nitrogens is 4. The van der Waals surface area contributed by atoms with Gasteiger partial charge in [0, 0.05) is 18.7 Å². The summed E-state index contributed by atoms with van der Waals surface area (Å²) in [6.45, 7) is 2.42. The molecule has 3 N–H and O–H groups in total. The molecule has 14 heteroatoms. The van der Waals surface area contributed by atoms with Crippen LogP contribution in [0.5, 0.6) is 6.01 Å². The number of amides is 2. The number of nitrogens with zero attached hydrogens (tertiary/aromatic N) is 6. The number of aliphatic hydroxyl groups excluding tert-OH is 2. The number of piperidine rings is 1. The number of aryl methyl sites for hydroxylation is 1. The van der Waals surface area contributed by atoms with E-state index in [0.29, 0.717) is 23.7 Å². The summed E-state index contributed by atoms with van der Waals surface area (Å²) in [6, 6.07) is 4.04. The Morgan fingerprint density at radius 1 is 1.26 bits per heavy atom. The molecule has 2 bridgehead atoms. The molecule has 1 unspecified atom stereocenters. The van der Waals surface area contributed by atoms with Gasteiger partial charge in [0.2, 0.25) is 0 Å². The SMILES string of the molecule is Cc1nc(-c2cccc(C(F)(F)F)c2)nc2c1N1CCCC(C1)N2C(=O)Nc1cnc(OC[C@H](O)CO)nc1. The summed E-state index contributed by atoms with van der Waals surface area (Å²) in [5.74, 6) is 0.411. The second-order valence-electron chi connectivity index (χ2n) is 9.33. The smallest absolute Gasteiger partial charge is 0.416 e. The van der Waals surface area contributed by atoms with Crippen LogP contribution in [0, 0.1) is 6.92 Å². The second-order valence-corrected chi connectivity index (χ2v) is 9.33. The van der Waals surface area contributed by atoms with E-state index in [4.69, 9.17) is 9.84 Å². The van der Waals surface area contributed by atoms with Gasteiger partial charge < -0.3 is 25.2 Å². The maximum absolute atomic E-state index is 13.6. The lowest BCUT2D eigenvalue weighted by Crippen LogP contribution is -2.56. The molecule has 206 valence electrons. The summed E-state index contributed by atoms with van der Waals surface area (Å²) in [5.41, 5.74) is 0.878. The maximum atomic E-state index is 13.6. The van der Waals surface area contributed by atoms with Crippen LogP contribution in [0.2, 0.25) is 0 Å². The predicted octanol–water partition coefficient (Wildman–Crippen LogP) is 3.01. The molecular weight excluding hydrogens is 519 g/mol. The molecular formula is C25H26F3N7O4. The third kappa shape index (κ3) is 5.56. The third-order valence-corrected chi connectivity index (χ3v) is 6.51. The molecule has 11 nitrogen and oxygen atoms in total. The van der Waals surface area contributed by atoms with Gasteiger partial charge in [-0.1, -0.05) is 12.1 Å². The Morgan fingerprint density at radius 2 is 2.03 bits per heavy atom. The summed E-state index contributed by atoms with van der Waals surface area (Å²) < 4.78 is 45.2. The Bertz CT molecular complexity index is 1360. The lowest BCUT2D eigenvalue weighted by Gasteiger charge is -2.46. The van der Waals surface area contributed by atoms with Crippen molar-refractivity contribution in [3.63, 3.8) is 0 Å². The highest BCUT2D eigenvalue weighted by Gasteiger charge is 2.40. The van der Waals surface area contributed by atoms with Gasteiger partial charge in [-0.05, 0) is 31.9 Å². The normalized spacial score (nSPS) is 17.4. The van der Waals surface area contributed by atoms with Crippen molar-refractivity contribution < 1.29 is 32.9 Å². The molecule has 2 aliphatic heterocycles. The van der Waals surface area contributed by atoms with E-state index in [1.165, 1.54) is 29.4 Å². The highest BCUT2D eigenvalue weighted by molar-refractivity contribution is 6.04. The van der Waals surface area contributed by atoms with Gasteiger partial charge in [0.1, 0.15) is 18.4 Å². The topological polar surface area (TPSA) is 137 Å². The van der Waals surface area contributed by atoms with E-state index in [9.17, 15) is 23.1 Å². The van der Waals surface area contributed by atoms with Crippen molar-refractivity contribution >= 4 is 23.2 Å². The zero-order valence-electron chi connectivity index (χ0n) is 20.9. The number of ether oxygens (including phenoxy) is 1. The van der Waals surface area contributed by atoms with Gasteiger partial charge in [-0.15, -0.1) is 0 Å². The van der Waals surface area contributed by atoms with Gasteiger partial charge in [0.25, 0.3) is 0 Å². The lowest BCUT2D eigenvalue weighted by atomic mass is 9.99. The van der Waals surface area contributed by atoms with Crippen molar-refractivity contribution in [1.29, 1.82) is 0 Å². The van der Waals surface area contributed by atoms with Gasteiger partial charge in [0.15, 0.2) is 11.6 Å². The lowest BCUT2D eigenvalue weighted by molar-refractivity contribution is -0.137. The van der Waals surface area contributed by atoms with E-state index in [1.807, 2.05) is 0 Å². The van der Waals surface area contributed by atoms with Gasteiger partial charge in [-0.25, -0.2) is 24.7 Å². The Labute approximate surface area is 221 Å². The number of hydrogen-bond donors (Lipinski definition) is 3. The average molecular weight is 546 g/mol. The van der Waals surface area contributed by atoms with Crippen molar-refractivity contribution in [2.45, 2.75) is 38.1 Å². The number of carbonyl (C=O) groups is 1. The molecule has 1 saturated heterocycles. The predicted molar refractivity (Wildman–Crippen MR) is 135 cm³/mol. The Hall–Kier alpha value is -4.04. The summed E-state index contributed by atoms with van der Waals surface area (Å²) in [4.78, 5) is 34.3. The molecule has 1 fully saturated rings.